The molecule has 190 valence electrons. The van der Waals surface area contributed by atoms with Gasteiger partial charge < -0.3 is 0 Å². The van der Waals surface area contributed by atoms with Crippen molar-refractivity contribution in [1.82, 2.24) is 4.72 Å². The highest BCUT2D eigenvalue weighted by atomic mass is 32.2. The number of allylic oxidation sites excluding steroid dienone is 3. The molecule has 34 heavy (non-hydrogen) atoms. The predicted molar refractivity (Wildman–Crippen MR) is 104 cm³/mol. The lowest BCUT2D eigenvalue weighted by Crippen LogP contribution is -2.68. The zero-order valence-corrected chi connectivity index (χ0v) is 18.8. The molecule has 0 aliphatic heterocycles. The molecule has 3 rings (SSSR count). The second kappa shape index (κ2) is 8.01. The fraction of sp³-hybridized carbons (Fsp3) is 0.474. The summed E-state index contributed by atoms with van der Waals surface area (Å²) in [5.74, 6) is -1.99. The van der Waals surface area contributed by atoms with Crippen LogP contribution in [0.25, 0.3) is 0 Å². The maximum atomic E-state index is 14.7. The Labute approximate surface area is 189 Å². The average Bonchev–Trinajstić information content (AvgIpc) is 2.65. The van der Waals surface area contributed by atoms with Crippen LogP contribution in [-0.2, 0) is 26.0 Å². The van der Waals surface area contributed by atoms with Crippen LogP contribution < -0.4 is 4.72 Å². The number of alkyl halides is 6. The average molecular weight is 539 g/mol. The lowest BCUT2D eigenvalue weighted by atomic mass is 9.65. The normalized spacial score (nSPS) is 26.8. The minimum absolute atomic E-state index is 0.399. The number of sulfonamides is 1. The van der Waals surface area contributed by atoms with Gasteiger partial charge in [-0.2, -0.15) is 26.3 Å². The molecule has 0 spiro atoms. The molecule has 0 amide bonds. The van der Waals surface area contributed by atoms with Crippen molar-refractivity contribution in [3.05, 3.63) is 53.1 Å². The first-order valence-corrected chi connectivity index (χ1v) is 12.5. The van der Waals surface area contributed by atoms with E-state index in [1.807, 2.05) is 0 Å². The second-order valence-corrected chi connectivity index (χ2v) is 12.3. The van der Waals surface area contributed by atoms with Crippen molar-refractivity contribution in [2.75, 3.05) is 0 Å². The smallest absolute Gasteiger partial charge is 0.223 e. The molecule has 1 aromatic carbocycles. The highest BCUT2D eigenvalue weighted by Crippen LogP contribution is 2.56. The lowest BCUT2D eigenvalue weighted by molar-refractivity contribution is -0.137. The third-order valence-corrected chi connectivity index (χ3v) is 9.51. The van der Waals surface area contributed by atoms with Crippen LogP contribution in [0.5, 0.6) is 0 Å². The van der Waals surface area contributed by atoms with E-state index in [0.717, 1.165) is 6.92 Å². The minimum atomic E-state index is -5.92. The van der Waals surface area contributed by atoms with Crippen LogP contribution in [0, 0.1) is 0 Å². The molecule has 1 fully saturated rings. The summed E-state index contributed by atoms with van der Waals surface area (Å²) in [5.41, 5.74) is -9.64. The Morgan fingerprint density at radius 2 is 1.41 bits per heavy atom. The monoisotopic (exact) mass is 539 g/mol. The van der Waals surface area contributed by atoms with Crippen molar-refractivity contribution >= 4 is 19.9 Å². The van der Waals surface area contributed by atoms with Crippen LogP contribution in [0.1, 0.15) is 38.2 Å². The Bertz CT molecular complexity index is 1250. The van der Waals surface area contributed by atoms with E-state index >= 15 is 0 Å². The number of rotatable bonds is 5. The molecule has 15 heteroatoms. The van der Waals surface area contributed by atoms with Crippen molar-refractivity contribution in [3.63, 3.8) is 0 Å². The fourth-order valence-electron chi connectivity index (χ4n) is 4.29. The van der Waals surface area contributed by atoms with Crippen LogP contribution in [-0.4, -0.2) is 32.6 Å². The lowest BCUT2D eigenvalue weighted by Gasteiger charge is -2.54. The van der Waals surface area contributed by atoms with Gasteiger partial charge in [0.1, 0.15) is 16.4 Å². The molecule has 0 bridgehead atoms. The van der Waals surface area contributed by atoms with Crippen molar-refractivity contribution < 1.29 is 52.0 Å². The number of halogens is 8. The molecule has 0 heterocycles. The van der Waals surface area contributed by atoms with Crippen LogP contribution >= 0.6 is 0 Å². The van der Waals surface area contributed by atoms with Crippen LogP contribution in [0.4, 0.5) is 35.1 Å². The molecule has 0 aromatic heterocycles. The first kappa shape index (κ1) is 26.6. The molecular weight excluding hydrogens is 522 g/mol. The van der Waals surface area contributed by atoms with Gasteiger partial charge in [-0.3, -0.25) is 0 Å². The Balaban J connectivity index is 2.11. The summed E-state index contributed by atoms with van der Waals surface area (Å²) in [6, 6.07) is 2.09. The van der Waals surface area contributed by atoms with E-state index in [9.17, 15) is 52.0 Å². The summed E-state index contributed by atoms with van der Waals surface area (Å²) in [4.78, 5) is -0.721. The zero-order chi connectivity index (χ0) is 26.0. The van der Waals surface area contributed by atoms with Gasteiger partial charge in [-0.25, -0.2) is 30.3 Å². The third kappa shape index (κ3) is 4.49. The van der Waals surface area contributed by atoms with Gasteiger partial charge in [0.25, 0.3) is 0 Å². The van der Waals surface area contributed by atoms with Crippen LogP contribution in [0.2, 0.25) is 0 Å². The second-order valence-electron chi connectivity index (χ2n) is 8.40. The SMILES string of the molecule is CC1(NS(=O)(=O)C(F)(F)F)CC(C2=C(F)CCC(F)=C2)(S(=O)(=O)c2ccc(C(F)(F)F)cc2)C1. The largest absolute Gasteiger partial charge is 0.511 e. The quantitative estimate of drug-likeness (QED) is 0.530. The third-order valence-electron chi connectivity index (χ3n) is 5.71. The molecular formula is C19H17F8NO4S2. The molecule has 0 radical (unpaired) electrons. The van der Waals surface area contributed by atoms with Crippen molar-refractivity contribution in [1.29, 1.82) is 0 Å². The van der Waals surface area contributed by atoms with Gasteiger partial charge in [-0.15, -0.1) is 0 Å². The predicted octanol–water partition coefficient (Wildman–Crippen LogP) is 5.08. The van der Waals surface area contributed by atoms with E-state index in [1.54, 1.807) is 0 Å². The maximum Gasteiger partial charge on any atom is 0.511 e. The minimum Gasteiger partial charge on any atom is -0.223 e. The van der Waals surface area contributed by atoms with Gasteiger partial charge in [-0.1, -0.05) is 0 Å². The fourth-order valence-corrected chi connectivity index (χ4v) is 7.62. The summed E-state index contributed by atoms with van der Waals surface area (Å²) < 4.78 is 155. The summed E-state index contributed by atoms with van der Waals surface area (Å²) in [6.45, 7) is 0.957. The highest BCUT2D eigenvalue weighted by Gasteiger charge is 2.65. The number of hydrogen-bond donors (Lipinski definition) is 1. The first-order chi connectivity index (χ1) is 15.2. The Morgan fingerprint density at radius 3 is 1.88 bits per heavy atom. The Kier molecular flexibility index (Phi) is 6.27. The van der Waals surface area contributed by atoms with Gasteiger partial charge in [0.05, 0.1) is 10.5 Å². The first-order valence-electron chi connectivity index (χ1n) is 9.52. The summed E-state index contributed by atoms with van der Waals surface area (Å²) in [5, 5.41) is 0. The molecule has 5 nitrogen and oxygen atoms in total. The zero-order valence-electron chi connectivity index (χ0n) is 17.2. The molecule has 1 aromatic rings. The van der Waals surface area contributed by atoms with E-state index < -0.39 is 95.2 Å². The van der Waals surface area contributed by atoms with E-state index in [4.69, 9.17) is 0 Å². The van der Waals surface area contributed by atoms with Gasteiger partial charge in [0.15, 0.2) is 9.84 Å². The number of hydrogen-bond acceptors (Lipinski definition) is 4. The van der Waals surface area contributed by atoms with Gasteiger partial charge in [-0.05, 0) is 50.1 Å². The standard InChI is InChI=1S/C19H17F8NO4S2/c1-16(28-34(31,32)19(25,26)27)9-17(10-16,14-8-12(20)4-7-15(14)21)33(29,30)13-5-2-11(3-6-13)18(22,23)24/h2-3,5-6,8,28H,4,7,9-10H2,1H3. The Hall–Kier alpha value is -2.00. The van der Waals surface area contributed by atoms with E-state index in [2.05, 4.69) is 0 Å². The summed E-state index contributed by atoms with van der Waals surface area (Å²) in [7, 11) is -10.8. The molecule has 1 N–H and O–H groups in total. The van der Waals surface area contributed by atoms with Crippen molar-refractivity contribution in [3.8, 4) is 0 Å². The van der Waals surface area contributed by atoms with E-state index in [0.29, 0.717) is 30.3 Å². The van der Waals surface area contributed by atoms with E-state index in [1.165, 1.54) is 4.72 Å². The maximum absolute atomic E-state index is 14.7. The van der Waals surface area contributed by atoms with Crippen LogP contribution in [0.3, 0.4) is 0 Å². The molecule has 1 saturated carbocycles. The van der Waals surface area contributed by atoms with Gasteiger partial charge >= 0.3 is 21.7 Å². The molecule has 0 unspecified atom stereocenters. The number of benzene rings is 1. The topological polar surface area (TPSA) is 80.3 Å². The molecule has 0 atom stereocenters. The van der Waals surface area contributed by atoms with E-state index in [-0.39, 0.29) is 0 Å². The number of nitrogens with one attached hydrogen (secondary N) is 1. The highest BCUT2D eigenvalue weighted by molar-refractivity contribution is 7.93. The summed E-state index contributed by atoms with van der Waals surface area (Å²) >= 11 is 0. The number of sulfone groups is 1. The van der Waals surface area contributed by atoms with Gasteiger partial charge in [0.2, 0.25) is 0 Å². The van der Waals surface area contributed by atoms with Crippen LogP contribution in [0.15, 0.2) is 52.5 Å². The molecule has 2 aliphatic rings. The van der Waals surface area contributed by atoms with Crippen molar-refractivity contribution in [2.24, 2.45) is 0 Å². The van der Waals surface area contributed by atoms with Gasteiger partial charge in [0, 0.05) is 24.0 Å². The van der Waals surface area contributed by atoms with Crippen molar-refractivity contribution in [2.45, 2.75) is 59.5 Å². The summed E-state index contributed by atoms with van der Waals surface area (Å²) in [6.07, 6.45) is -7.01. The Morgan fingerprint density at radius 1 is 0.882 bits per heavy atom. The molecule has 0 saturated heterocycles. The molecule has 2 aliphatic carbocycles.